The van der Waals surface area contributed by atoms with Crippen LogP contribution < -0.4 is 5.32 Å². The zero-order valence-corrected chi connectivity index (χ0v) is 11.4. The van der Waals surface area contributed by atoms with Gasteiger partial charge in [-0.25, -0.2) is 9.37 Å². The molecule has 0 bridgehead atoms. The monoisotopic (exact) mass is 312 g/mol. The third kappa shape index (κ3) is 3.89. The number of hydrogen-bond donors (Lipinski definition) is 2. The summed E-state index contributed by atoms with van der Waals surface area (Å²) in [5.41, 5.74) is 0.679. The molecule has 2 aromatic rings. The summed E-state index contributed by atoms with van der Waals surface area (Å²) in [7, 11) is 0. The highest BCUT2D eigenvalue weighted by Gasteiger charge is 2.02. The third-order valence-corrected chi connectivity index (χ3v) is 3.06. The number of nitrogens with zero attached hydrogens (tertiary/aromatic N) is 2. The molecule has 0 saturated heterocycles. The van der Waals surface area contributed by atoms with Crippen LogP contribution in [0.1, 0.15) is 17.8 Å². The van der Waals surface area contributed by atoms with Crippen molar-refractivity contribution in [3.8, 4) is 0 Å². The van der Waals surface area contributed by atoms with Crippen LogP contribution in [0.3, 0.4) is 0 Å². The van der Waals surface area contributed by atoms with Crippen molar-refractivity contribution < 1.29 is 4.39 Å². The van der Waals surface area contributed by atoms with Crippen LogP contribution in [-0.2, 0) is 13.0 Å². The number of benzene rings is 1. The van der Waals surface area contributed by atoms with Crippen molar-refractivity contribution in [3.63, 3.8) is 0 Å². The van der Waals surface area contributed by atoms with E-state index in [1.165, 1.54) is 12.4 Å². The summed E-state index contributed by atoms with van der Waals surface area (Å²) in [6, 6.07) is 5.10. The van der Waals surface area contributed by atoms with Gasteiger partial charge in [-0.15, -0.1) is 0 Å². The van der Waals surface area contributed by atoms with Crippen LogP contribution in [0.4, 0.5) is 4.39 Å². The Hall–Kier alpha value is -1.27. The molecule has 1 aromatic carbocycles. The number of hydrogen-bond acceptors (Lipinski definition) is 3. The molecule has 0 amide bonds. The van der Waals surface area contributed by atoms with E-state index in [0.29, 0.717) is 12.1 Å². The van der Waals surface area contributed by atoms with Crippen molar-refractivity contribution >= 4 is 15.9 Å². The molecule has 18 heavy (non-hydrogen) atoms. The second-order valence-corrected chi connectivity index (χ2v) is 4.86. The molecule has 4 nitrogen and oxygen atoms in total. The number of halogens is 2. The summed E-state index contributed by atoms with van der Waals surface area (Å²) in [4.78, 5) is 4.04. The van der Waals surface area contributed by atoms with Gasteiger partial charge in [-0.1, -0.05) is 22.0 Å². The third-order valence-electron chi connectivity index (χ3n) is 2.56. The summed E-state index contributed by atoms with van der Waals surface area (Å²) in [5.74, 6) is 0.693. The summed E-state index contributed by atoms with van der Waals surface area (Å²) in [6.45, 7) is 1.35. The van der Waals surface area contributed by atoms with Crippen molar-refractivity contribution in [2.24, 2.45) is 0 Å². The molecule has 0 aliphatic heterocycles. The maximum atomic E-state index is 13.5. The zero-order valence-electron chi connectivity index (χ0n) is 9.79. The minimum Gasteiger partial charge on any atom is -0.313 e. The molecule has 2 rings (SSSR count). The first-order valence-corrected chi connectivity index (χ1v) is 6.54. The number of aromatic nitrogens is 3. The second kappa shape index (κ2) is 6.61. The minimum atomic E-state index is -0.188. The molecule has 2 N–H and O–H groups in total. The first kappa shape index (κ1) is 13.2. The van der Waals surface area contributed by atoms with Gasteiger partial charge in [0.2, 0.25) is 0 Å². The van der Waals surface area contributed by atoms with Crippen LogP contribution in [0.5, 0.6) is 0 Å². The molecule has 0 spiro atoms. The fourth-order valence-corrected chi connectivity index (χ4v) is 1.95. The van der Waals surface area contributed by atoms with E-state index >= 15 is 0 Å². The summed E-state index contributed by atoms with van der Waals surface area (Å²) < 4.78 is 14.2. The van der Waals surface area contributed by atoms with Crippen molar-refractivity contribution in [3.05, 3.63) is 46.2 Å². The van der Waals surface area contributed by atoms with Crippen LogP contribution in [0.2, 0.25) is 0 Å². The van der Waals surface area contributed by atoms with Crippen molar-refractivity contribution in [2.45, 2.75) is 19.4 Å². The lowest BCUT2D eigenvalue weighted by Crippen LogP contribution is -2.16. The van der Waals surface area contributed by atoms with Crippen molar-refractivity contribution in [2.75, 3.05) is 6.54 Å². The van der Waals surface area contributed by atoms with E-state index in [1.54, 1.807) is 6.07 Å². The molecule has 1 aromatic heterocycles. The standard InChI is InChI=1S/C12H14BrFN4/c13-10-4-3-9(11(14)6-10)7-15-5-1-2-12-16-8-17-18-12/h3-4,6,8,15H,1-2,5,7H2,(H,16,17,18). The van der Waals surface area contributed by atoms with Crippen LogP contribution in [-0.4, -0.2) is 21.7 Å². The van der Waals surface area contributed by atoms with Crippen LogP contribution in [0.15, 0.2) is 29.0 Å². The molecule has 96 valence electrons. The van der Waals surface area contributed by atoms with Gasteiger partial charge in [-0.05, 0) is 25.1 Å². The number of H-pyrrole nitrogens is 1. The van der Waals surface area contributed by atoms with Crippen molar-refractivity contribution in [1.82, 2.24) is 20.5 Å². The molecule has 0 aliphatic carbocycles. The normalized spacial score (nSPS) is 10.8. The highest BCUT2D eigenvalue weighted by Crippen LogP contribution is 2.14. The highest BCUT2D eigenvalue weighted by atomic mass is 79.9. The van der Waals surface area contributed by atoms with Gasteiger partial charge in [-0.3, -0.25) is 5.10 Å². The Balaban J connectivity index is 1.69. The predicted molar refractivity (Wildman–Crippen MR) is 70.5 cm³/mol. The first-order valence-electron chi connectivity index (χ1n) is 5.74. The largest absolute Gasteiger partial charge is 0.313 e. The maximum Gasteiger partial charge on any atom is 0.137 e. The van der Waals surface area contributed by atoms with E-state index in [0.717, 1.165) is 29.7 Å². The van der Waals surface area contributed by atoms with Crippen LogP contribution >= 0.6 is 15.9 Å². The SMILES string of the molecule is Fc1cc(Br)ccc1CNCCCc1ncn[nH]1. The Morgan fingerprint density at radius 1 is 1.39 bits per heavy atom. The summed E-state index contributed by atoms with van der Waals surface area (Å²) in [6.07, 6.45) is 3.28. The second-order valence-electron chi connectivity index (χ2n) is 3.95. The van der Waals surface area contributed by atoms with Gasteiger partial charge in [0, 0.05) is 23.0 Å². The van der Waals surface area contributed by atoms with E-state index in [1.807, 2.05) is 6.07 Å². The number of nitrogens with one attached hydrogen (secondary N) is 2. The molecular formula is C12H14BrFN4. The Labute approximate surface area is 113 Å². The van der Waals surface area contributed by atoms with Crippen LogP contribution in [0, 0.1) is 5.82 Å². The van der Waals surface area contributed by atoms with Gasteiger partial charge in [0.15, 0.2) is 0 Å². The van der Waals surface area contributed by atoms with E-state index in [9.17, 15) is 4.39 Å². The molecule has 1 heterocycles. The Bertz CT molecular complexity index is 487. The van der Waals surface area contributed by atoms with Gasteiger partial charge < -0.3 is 5.32 Å². The summed E-state index contributed by atoms with van der Waals surface area (Å²) >= 11 is 3.23. The average molecular weight is 313 g/mol. The number of aryl methyl sites for hydroxylation is 1. The van der Waals surface area contributed by atoms with Gasteiger partial charge in [0.25, 0.3) is 0 Å². The minimum absolute atomic E-state index is 0.188. The van der Waals surface area contributed by atoms with E-state index in [-0.39, 0.29) is 5.82 Å². The smallest absolute Gasteiger partial charge is 0.137 e. The van der Waals surface area contributed by atoms with Gasteiger partial charge in [-0.2, -0.15) is 5.10 Å². The predicted octanol–water partition coefficient (Wildman–Crippen LogP) is 2.43. The van der Waals surface area contributed by atoms with Crippen LogP contribution in [0.25, 0.3) is 0 Å². The molecule has 0 aliphatic rings. The number of rotatable bonds is 6. The topological polar surface area (TPSA) is 53.6 Å². The molecule has 0 atom stereocenters. The Morgan fingerprint density at radius 2 is 2.28 bits per heavy atom. The first-order chi connectivity index (χ1) is 8.75. The molecule has 6 heteroatoms. The quantitative estimate of drug-likeness (QED) is 0.805. The van der Waals surface area contributed by atoms with Crippen molar-refractivity contribution in [1.29, 1.82) is 0 Å². The molecular weight excluding hydrogens is 299 g/mol. The maximum absolute atomic E-state index is 13.5. The molecule has 0 saturated carbocycles. The highest BCUT2D eigenvalue weighted by molar-refractivity contribution is 9.10. The lowest BCUT2D eigenvalue weighted by atomic mass is 10.2. The Morgan fingerprint density at radius 3 is 3.00 bits per heavy atom. The fourth-order valence-electron chi connectivity index (χ4n) is 1.62. The average Bonchev–Trinajstić information content (AvgIpc) is 2.84. The lowest BCUT2D eigenvalue weighted by Gasteiger charge is -2.05. The van der Waals surface area contributed by atoms with E-state index in [4.69, 9.17) is 0 Å². The summed E-state index contributed by atoms with van der Waals surface area (Å²) in [5, 5.41) is 9.79. The molecule has 0 radical (unpaired) electrons. The van der Waals surface area contributed by atoms with Gasteiger partial charge in [0.05, 0.1) is 0 Å². The number of aromatic amines is 1. The Kier molecular flexibility index (Phi) is 4.83. The van der Waals surface area contributed by atoms with Gasteiger partial charge >= 0.3 is 0 Å². The molecule has 0 unspecified atom stereocenters. The zero-order chi connectivity index (χ0) is 12.8. The van der Waals surface area contributed by atoms with E-state index in [2.05, 4.69) is 36.4 Å². The molecule has 0 fully saturated rings. The fraction of sp³-hybridized carbons (Fsp3) is 0.333. The lowest BCUT2D eigenvalue weighted by molar-refractivity contribution is 0.579. The van der Waals surface area contributed by atoms with E-state index < -0.39 is 0 Å². The van der Waals surface area contributed by atoms with Gasteiger partial charge in [0.1, 0.15) is 18.0 Å².